The molecule has 0 fully saturated rings. The topological polar surface area (TPSA) is 52.0 Å². The summed E-state index contributed by atoms with van der Waals surface area (Å²) in [5.74, 6) is 0. The van der Waals surface area contributed by atoms with Crippen LogP contribution in [-0.2, 0) is 0 Å². The van der Waals surface area contributed by atoms with E-state index in [2.05, 4.69) is 24.3 Å². The first-order valence-electron chi connectivity index (χ1n) is 5.72. The average molecular weight is 370 g/mol. The number of rotatable bonds is 5. The van der Waals surface area contributed by atoms with Gasteiger partial charge in [-0.1, -0.05) is 0 Å². The summed E-state index contributed by atoms with van der Waals surface area (Å²) < 4.78 is 2.64. The SMILES string of the molecule is Nc1ccccc1[Se]CC[Se]c1ccccc1N. The van der Waals surface area contributed by atoms with E-state index in [9.17, 15) is 0 Å². The molecule has 0 amide bonds. The van der Waals surface area contributed by atoms with Gasteiger partial charge in [-0.25, -0.2) is 0 Å². The van der Waals surface area contributed by atoms with Crippen LogP contribution in [0.4, 0.5) is 11.4 Å². The molecule has 0 heterocycles. The van der Waals surface area contributed by atoms with Gasteiger partial charge in [0.2, 0.25) is 0 Å². The number of nitrogen functional groups attached to an aromatic ring is 2. The standard InChI is InChI=1S/C14H16N2Se2/c15-11-5-1-3-7-13(11)17-9-10-18-14-8-4-2-6-12(14)16/h1-8H,9-10,15-16H2. The van der Waals surface area contributed by atoms with Crippen molar-refractivity contribution in [2.45, 2.75) is 10.6 Å². The maximum atomic E-state index is 5.94. The second kappa shape index (κ2) is 6.86. The number of para-hydroxylation sites is 2. The summed E-state index contributed by atoms with van der Waals surface area (Å²) in [6.45, 7) is 0. The molecule has 0 saturated heterocycles. The van der Waals surface area contributed by atoms with Gasteiger partial charge in [-0.05, 0) is 0 Å². The normalized spacial score (nSPS) is 10.4. The molecule has 2 aromatic rings. The monoisotopic (exact) mass is 372 g/mol. The van der Waals surface area contributed by atoms with Crippen LogP contribution < -0.4 is 20.4 Å². The van der Waals surface area contributed by atoms with E-state index < -0.39 is 0 Å². The van der Waals surface area contributed by atoms with Crippen LogP contribution in [-0.4, -0.2) is 29.9 Å². The molecule has 0 aliphatic heterocycles. The van der Waals surface area contributed by atoms with E-state index in [1.807, 2.05) is 24.3 Å². The van der Waals surface area contributed by atoms with Gasteiger partial charge in [-0.15, -0.1) is 0 Å². The third kappa shape index (κ3) is 3.79. The molecular formula is C14H16N2Se2. The average Bonchev–Trinajstić information content (AvgIpc) is 2.38. The number of benzene rings is 2. The summed E-state index contributed by atoms with van der Waals surface area (Å²) in [6.07, 6.45) is 0. The zero-order valence-corrected chi connectivity index (χ0v) is 13.4. The van der Waals surface area contributed by atoms with Crippen LogP contribution in [0, 0.1) is 0 Å². The predicted octanol–water partition coefficient (Wildman–Crippen LogP) is 1.05. The van der Waals surface area contributed by atoms with Gasteiger partial charge in [0.25, 0.3) is 0 Å². The molecular weight excluding hydrogens is 354 g/mol. The Morgan fingerprint density at radius 2 is 1.06 bits per heavy atom. The van der Waals surface area contributed by atoms with Gasteiger partial charge in [0.05, 0.1) is 0 Å². The molecule has 2 nitrogen and oxygen atoms in total. The van der Waals surface area contributed by atoms with Crippen molar-refractivity contribution >= 4 is 50.2 Å². The van der Waals surface area contributed by atoms with Gasteiger partial charge >= 0.3 is 121 Å². The van der Waals surface area contributed by atoms with Crippen molar-refractivity contribution in [2.24, 2.45) is 0 Å². The van der Waals surface area contributed by atoms with Crippen molar-refractivity contribution in [2.75, 3.05) is 11.5 Å². The van der Waals surface area contributed by atoms with Crippen LogP contribution in [0.2, 0.25) is 10.6 Å². The maximum absolute atomic E-state index is 5.94. The number of hydrogen-bond acceptors (Lipinski definition) is 2. The van der Waals surface area contributed by atoms with Crippen molar-refractivity contribution in [1.29, 1.82) is 0 Å². The van der Waals surface area contributed by atoms with Crippen LogP contribution in [0.25, 0.3) is 0 Å². The van der Waals surface area contributed by atoms with E-state index in [4.69, 9.17) is 11.5 Å². The van der Waals surface area contributed by atoms with Crippen molar-refractivity contribution in [3.8, 4) is 0 Å². The van der Waals surface area contributed by atoms with E-state index in [-0.39, 0.29) is 0 Å². The molecule has 0 aliphatic carbocycles. The summed E-state index contributed by atoms with van der Waals surface area (Å²) in [6, 6.07) is 16.3. The van der Waals surface area contributed by atoms with Crippen molar-refractivity contribution in [3.63, 3.8) is 0 Å². The first-order chi connectivity index (χ1) is 8.77. The minimum absolute atomic E-state index is 0.483. The molecule has 18 heavy (non-hydrogen) atoms. The van der Waals surface area contributed by atoms with Crippen LogP contribution in [0.15, 0.2) is 48.5 Å². The molecule has 4 N–H and O–H groups in total. The van der Waals surface area contributed by atoms with Crippen molar-refractivity contribution < 1.29 is 0 Å². The zero-order chi connectivity index (χ0) is 12.8. The third-order valence-corrected chi connectivity index (χ3v) is 8.32. The summed E-state index contributed by atoms with van der Waals surface area (Å²) in [5, 5.41) is 2.46. The van der Waals surface area contributed by atoms with Crippen LogP contribution >= 0.6 is 0 Å². The van der Waals surface area contributed by atoms with Crippen LogP contribution in [0.1, 0.15) is 0 Å². The summed E-state index contributed by atoms with van der Waals surface area (Å²) in [7, 11) is 0. The van der Waals surface area contributed by atoms with E-state index in [0.29, 0.717) is 29.9 Å². The van der Waals surface area contributed by atoms with Gasteiger partial charge in [-0.2, -0.15) is 0 Å². The molecule has 2 rings (SSSR count). The van der Waals surface area contributed by atoms with Crippen LogP contribution in [0.5, 0.6) is 0 Å². The molecule has 0 aliphatic rings. The summed E-state index contributed by atoms with van der Waals surface area (Å²) >= 11 is 0.966. The predicted molar refractivity (Wildman–Crippen MR) is 82.1 cm³/mol. The third-order valence-electron chi connectivity index (χ3n) is 2.44. The molecule has 0 atom stereocenters. The summed E-state index contributed by atoms with van der Waals surface area (Å²) in [4.78, 5) is 0. The zero-order valence-electron chi connectivity index (χ0n) is 10.0. The molecule has 2 aromatic carbocycles. The van der Waals surface area contributed by atoms with E-state index >= 15 is 0 Å². The quantitative estimate of drug-likeness (QED) is 0.470. The Hall–Kier alpha value is -0.921. The Morgan fingerprint density at radius 1 is 0.667 bits per heavy atom. The second-order valence-electron chi connectivity index (χ2n) is 3.77. The van der Waals surface area contributed by atoms with Gasteiger partial charge < -0.3 is 0 Å². The van der Waals surface area contributed by atoms with Crippen molar-refractivity contribution in [1.82, 2.24) is 0 Å². The van der Waals surface area contributed by atoms with Gasteiger partial charge in [0.15, 0.2) is 0 Å². The molecule has 0 radical (unpaired) electrons. The van der Waals surface area contributed by atoms with E-state index in [1.54, 1.807) is 0 Å². The fraction of sp³-hybridized carbons (Fsp3) is 0.143. The Balaban J connectivity index is 1.80. The molecule has 0 bridgehead atoms. The Morgan fingerprint density at radius 3 is 1.44 bits per heavy atom. The Kier molecular flexibility index (Phi) is 5.15. The first-order valence-corrected chi connectivity index (χ1v) is 9.85. The number of hydrogen-bond donors (Lipinski definition) is 2. The molecule has 0 aromatic heterocycles. The van der Waals surface area contributed by atoms with Crippen LogP contribution in [0.3, 0.4) is 0 Å². The number of anilines is 2. The molecule has 94 valence electrons. The Labute approximate surface area is 120 Å². The van der Waals surface area contributed by atoms with Crippen molar-refractivity contribution in [3.05, 3.63) is 48.5 Å². The van der Waals surface area contributed by atoms with E-state index in [1.165, 1.54) is 19.6 Å². The molecule has 0 saturated carbocycles. The van der Waals surface area contributed by atoms with E-state index in [0.717, 1.165) is 11.4 Å². The van der Waals surface area contributed by atoms with Gasteiger partial charge in [-0.3, -0.25) is 0 Å². The molecule has 4 heteroatoms. The Bertz CT molecular complexity index is 467. The summed E-state index contributed by atoms with van der Waals surface area (Å²) in [5.41, 5.74) is 13.7. The number of nitrogens with two attached hydrogens (primary N) is 2. The molecule has 0 spiro atoms. The van der Waals surface area contributed by atoms with Gasteiger partial charge in [0.1, 0.15) is 0 Å². The minimum atomic E-state index is 0.483. The van der Waals surface area contributed by atoms with Gasteiger partial charge in [0, 0.05) is 0 Å². The fourth-order valence-electron chi connectivity index (χ4n) is 1.53. The fourth-order valence-corrected chi connectivity index (χ4v) is 6.33. The second-order valence-corrected chi connectivity index (χ2v) is 8.54. The molecule has 0 unspecified atom stereocenters. The first kappa shape index (κ1) is 13.5.